The molecule has 0 saturated carbocycles. The number of nitrogens with one attached hydrogen (secondary N) is 1. The Labute approximate surface area is 61.9 Å². The maximum Gasteiger partial charge on any atom is 0.0545 e. The van der Waals surface area contributed by atoms with Crippen LogP contribution in [0.15, 0.2) is 0 Å². The number of hydrogen-bond acceptors (Lipinski definition) is 2. The summed E-state index contributed by atoms with van der Waals surface area (Å²) in [7, 11) is 0. The smallest absolute Gasteiger partial charge is 0.0545 e. The zero-order chi connectivity index (χ0) is 7.03. The van der Waals surface area contributed by atoms with Gasteiger partial charge in [-0.2, -0.15) is 0 Å². The molecule has 2 heterocycles. The molecule has 0 aromatic rings. The van der Waals surface area contributed by atoms with Gasteiger partial charge < -0.3 is 10.1 Å². The first-order valence-electron chi connectivity index (χ1n) is 4.10. The zero-order valence-corrected chi connectivity index (χ0v) is 6.52. The first kappa shape index (κ1) is 6.62. The Morgan fingerprint density at radius 3 is 2.70 bits per heavy atom. The lowest BCUT2D eigenvalue weighted by Gasteiger charge is -2.42. The first-order valence-corrected chi connectivity index (χ1v) is 4.10. The molecule has 0 radical (unpaired) electrons. The summed E-state index contributed by atoms with van der Waals surface area (Å²) in [5, 5.41) is 3.39. The monoisotopic (exact) mass is 141 g/mol. The molecule has 2 fully saturated rings. The van der Waals surface area contributed by atoms with E-state index in [0.29, 0.717) is 5.41 Å². The maximum absolute atomic E-state index is 5.22. The van der Waals surface area contributed by atoms with E-state index in [1.807, 2.05) is 0 Å². The Kier molecular flexibility index (Phi) is 1.46. The average Bonchev–Trinajstić information content (AvgIpc) is 2.33. The fraction of sp³-hybridized carbons (Fsp3) is 1.00. The van der Waals surface area contributed by atoms with Gasteiger partial charge in [0.05, 0.1) is 13.2 Å². The van der Waals surface area contributed by atoms with Crippen molar-refractivity contribution in [2.45, 2.75) is 13.3 Å². The Bertz CT molecular complexity index is 125. The van der Waals surface area contributed by atoms with Crippen molar-refractivity contribution >= 4 is 0 Å². The van der Waals surface area contributed by atoms with Crippen molar-refractivity contribution in [1.82, 2.24) is 5.32 Å². The summed E-state index contributed by atoms with van der Waals surface area (Å²) in [4.78, 5) is 0. The van der Waals surface area contributed by atoms with Crippen LogP contribution in [0.25, 0.3) is 0 Å². The van der Waals surface area contributed by atoms with Crippen molar-refractivity contribution in [3.05, 3.63) is 0 Å². The number of rotatable bonds is 1. The number of ether oxygens (including phenoxy) is 1. The summed E-state index contributed by atoms with van der Waals surface area (Å²) in [6.07, 6.45) is 1.35. The highest BCUT2D eigenvalue weighted by Crippen LogP contribution is 2.38. The van der Waals surface area contributed by atoms with E-state index >= 15 is 0 Å². The van der Waals surface area contributed by atoms with Crippen LogP contribution in [-0.4, -0.2) is 26.3 Å². The Balaban J connectivity index is 1.96. The van der Waals surface area contributed by atoms with Gasteiger partial charge >= 0.3 is 0 Å². The molecule has 0 aromatic heterocycles. The van der Waals surface area contributed by atoms with Gasteiger partial charge in [-0.25, -0.2) is 0 Å². The third-order valence-electron chi connectivity index (χ3n) is 2.91. The van der Waals surface area contributed by atoms with E-state index in [1.165, 1.54) is 19.5 Å². The van der Waals surface area contributed by atoms with Crippen LogP contribution in [0, 0.1) is 11.3 Å². The van der Waals surface area contributed by atoms with Gasteiger partial charge in [-0.3, -0.25) is 0 Å². The van der Waals surface area contributed by atoms with E-state index < -0.39 is 0 Å². The van der Waals surface area contributed by atoms with Gasteiger partial charge in [-0.15, -0.1) is 0 Å². The fourth-order valence-corrected chi connectivity index (χ4v) is 1.91. The van der Waals surface area contributed by atoms with Crippen molar-refractivity contribution in [2.24, 2.45) is 11.3 Å². The van der Waals surface area contributed by atoms with Crippen LogP contribution in [0.4, 0.5) is 0 Å². The first-order chi connectivity index (χ1) is 4.81. The lowest BCUT2D eigenvalue weighted by molar-refractivity contribution is -0.130. The largest absolute Gasteiger partial charge is 0.380 e. The molecule has 1 N–H and O–H groups in total. The molecule has 0 amide bonds. The van der Waals surface area contributed by atoms with Gasteiger partial charge in [-0.1, -0.05) is 6.92 Å². The molecule has 0 bridgehead atoms. The normalized spacial score (nSPS) is 37.5. The summed E-state index contributed by atoms with van der Waals surface area (Å²) >= 11 is 0. The van der Waals surface area contributed by atoms with Crippen LogP contribution in [-0.2, 0) is 4.74 Å². The van der Waals surface area contributed by atoms with E-state index in [9.17, 15) is 0 Å². The van der Waals surface area contributed by atoms with Crippen molar-refractivity contribution in [1.29, 1.82) is 0 Å². The Hall–Kier alpha value is -0.0800. The van der Waals surface area contributed by atoms with Crippen LogP contribution < -0.4 is 5.32 Å². The highest BCUT2D eigenvalue weighted by molar-refractivity contribution is 4.91. The minimum Gasteiger partial charge on any atom is -0.380 e. The molecule has 58 valence electrons. The topological polar surface area (TPSA) is 21.3 Å². The summed E-state index contributed by atoms with van der Waals surface area (Å²) in [5.41, 5.74) is 0.517. The van der Waals surface area contributed by atoms with Gasteiger partial charge in [0.2, 0.25) is 0 Å². The molecule has 2 nitrogen and oxygen atoms in total. The minimum absolute atomic E-state index is 0.517. The van der Waals surface area contributed by atoms with Crippen LogP contribution in [0.3, 0.4) is 0 Å². The highest BCUT2D eigenvalue weighted by Gasteiger charge is 2.41. The quantitative estimate of drug-likeness (QED) is 0.578. The molecule has 0 aliphatic carbocycles. The molecule has 10 heavy (non-hydrogen) atoms. The maximum atomic E-state index is 5.22. The van der Waals surface area contributed by atoms with Gasteiger partial charge in [0, 0.05) is 5.41 Å². The van der Waals surface area contributed by atoms with Gasteiger partial charge in [0.15, 0.2) is 0 Å². The fourth-order valence-electron chi connectivity index (χ4n) is 1.91. The lowest BCUT2D eigenvalue weighted by atomic mass is 9.75. The standard InChI is InChI=1S/C8H15NO/c1-8(5-10-6-8)7-2-3-9-4-7/h7,9H,2-6H2,1H3. The van der Waals surface area contributed by atoms with E-state index in [2.05, 4.69) is 12.2 Å². The predicted molar refractivity (Wildman–Crippen MR) is 39.9 cm³/mol. The van der Waals surface area contributed by atoms with Crippen molar-refractivity contribution in [3.8, 4) is 0 Å². The third-order valence-corrected chi connectivity index (χ3v) is 2.91. The van der Waals surface area contributed by atoms with Crippen LogP contribution in [0.1, 0.15) is 13.3 Å². The van der Waals surface area contributed by atoms with Gasteiger partial charge in [-0.05, 0) is 25.4 Å². The molecule has 1 atom stereocenters. The summed E-state index contributed by atoms with van der Waals surface area (Å²) in [6.45, 7) is 6.73. The molecule has 2 heteroatoms. The van der Waals surface area contributed by atoms with E-state index in [-0.39, 0.29) is 0 Å². The average molecular weight is 141 g/mol. The van der Waals surface area contributed by atoms with Crippen LogP contribution >= 0.6 is 0 Å². The highest BCUT2D eigenvalue weighted by atomic mass is 16.5. The molecule has 1 unspecified atom stereocenters. The second-order valence-electron chi connectivity index (χ2n) is 3.84. The van der Waals surface area contributed by atoms with E-state index in [0.717, 1.165) is 19.1 Å². The summed E-state index contributed by atoms with van der Waals surface area (Å²) in [5.74, 6) is 0.876. The third kappa shape index (κ3) is 0.867. The minimum atomic E-state index is 0.517. The number of hydrogen-bond donors (Lipinski definition) is 1. The molecule has 0 spiro atoms. The molecule has 2 aliphatic rings. The molecule has 2 saturated heterocycles. The second-order valence-corrected chi connectivity index (χ2v) is 3.84. The predicted octanol–water partition coefficient (Wildman–Crippen LogP) is 0.632. The molecular formula is C8H15NO. The summed E-state index contributed by atoms with van der Waals surface area (Å²) in [6, 6.07) is 0. The second kappa shape index (κ2) is 2.21. The summed E-state index contributed by atoms with van der Waals surface area (Å²) < 4.78 is 5.22. The van der Waals surface area contributed by atoms with Crippen molar-refractivity contribution in [3.63, 3.8) is 0 Å². The Morgan fingerprint density at radius 1 is 1.50 bits per heavy atom. The lowest BCUT2D eigenvalue weighted by Crippen LogP contribution is -2.46. The zero-order valence-electron chi connectivity index (χ0n) is 6.52. The van der Waals surface area contributed by atoms with E-state index in [4.69, 9.17) is 4.74 Å². The van der Waals surface area contributed by atoms with Crippen LogP contribution in [0.2, 0.25) is 0 Å². The van der Waals surface area contributed by atoms with Gasteiger partial charge in [0.1, 0.15) is 0 Å². The molecule has 2 aliphatic heterocycles. The van der Waals surface area contributed by atoms with E-state index in [1.54, 1.807) is 0 Å². The van der Waals surface area contributed by atoms with Crippen molar-refractivity contribution in [2.75, 3.05) is 26.3 Å². The molecule has 0 aromatic carbocycles. The SMILES string of the molecule is CC1(C2CCNC2)COC1. The molecule has 2 rings (SSSR count). The van der Waals surface area contributed by atoms with Crippen molar-refractivity contribution < 1.29 is 4.74 Å². The Morgan fingerprint density at radius 2 is 2.30 bits per heavy atom. The van der Waals surface area contributed by atoms with Gasteiger partial charge in [0.25, 0.3) is 0 Å². The molecular weight excluding hydrogens is 126 g/mol. The van der Waals surface area contributed by atoms with Crippen LogP contribution in [0.5, 0.6) is 0 Å².